The zero-order chi connectivity index (χ0) is 17.7. The molecule has 24 heavy (non-hydrogen) atoms. The maximum Gasteiger partial charge on any atom is 0.262 e. The first-order valence-corrected chi connectivity index (χ1v) is 8.37. The van der Waals surface area contributed by atoms with Gasteiger partial charge in [-0.25, -0.2) is 0 Å². The van der Waals surface area contributed by atoms with Crippen LogP contribution in [0, 0.1) is 17.1 Å². The van der Waals surface area contributed by atoms with Gasteiger partial charge in [-0.2, -0.15) is 0 Å². The number of hydrogen-bond donors (Lipinski definition) is 2. The normalized spacial score (nSPS) is 11.2. The molecule has 0 saturated heterocycles. The molecule has 1 amide bonds. The van der Waals surface area contributed by atoms with Gasteiger partial charge in [0.2, 0.25) is 5.91 Å². The molecule has 1 aromatic carbocycles. The van der Waals surface area contributed by atoms with E-state index >= 15 is 0 Å². The van der Waals surface area contributed by atoms with Gasteiger partial charge >= 0.3 is 0 Å². The van der Waals surface area contributed by atoms with Crippen molar-refractivity contribution in [1.82, 2.24) is 14.9 Å². The summed E-state index contributed by atoms with van der Waals surface area (Å²) >= 11 is 5.24. The van der Waals surface area contributed by atoms with Crippen molar-refractivity contribution in [2.24, 2.45) is 0 Å². The predicted molar refractivity (Wildman–Crippen MR) is 98.3 cm³/mol. The fraction of sp³-hybridized carbons (Fsp3) is 0.389. The van der Waals surface area contributed by atoms with E-state index in [0.29, 0.717) is 28.5 Å². The third-order valence-electron chi connectivity index (χ3n) is 4.31. The third-order valence-corrected chi connectivity index (χ3v) is 4.64. The number of nitrogens with one attached hydrogen (secondary N) is 2. The molecule has 0 fully saturated rings. The molecule has 0 spiro atoms. The van der Waals surface area contributed by atoms with E-state index < -0.39 is 5.54 Å². The fourth-order valence-electron chi connectivity index (χ4n) is 2.61. The molecule has 0 bridgehead atoms. The highest BCUT2D eigenvalue weighted by atomic mass is 32.1. The van der Waals surface area contributed by atoms with E-state index in [0.717, 1.165) is 0 Å². The Kier molecular flexibility index (Phi) is 5.58. The summed E-state index contributed by atoms with van der Waals surface area (Å²) in [4.78, 5) is 27.8. The number of aromatic nitrogens is 2. The van der Waals surface area contributed by atoms with Crippen molar-refractivity contribution in [3.05, 3.63) is 39.4 Å². The maximum atomic E-state index is 12.5. The molecule has 0 radical (unpaired) electrons. The Morgan fingerprint density at radius 1 is 1.38 bits per heavy atom. The highest BCUT2D eigenvalue weighted by Gasteiger charge is 2.25. The van der Waals surface area contributed by atoms with Gasteiger partial charge in [0.25, 0.3) is 5.56 Å². The van der Waals surface area contributed by atoms with Gasteiger partial charge in [-0.3, -0.25) is 14.2 Å². The summed E-state index contributed by atoms with van der Waals surface area (Å²) in [5, 5.41) is 3.44. The first kappa shape index (κ1) is 18.0. The van der Waals surface area contributed by atoms with E-state index in [-0.39, 0.29) is 24.4 Å². The average molecular weight is 343 g/mol. The van der Waals surface area contributed by atoms with Gasteiger partial charge in [0.15, 0.2) is 4.77 Å². The van der Waals surface area contributed by atoms with E-state index in [4.69, 9.17) is 18.6 Å². The first-order valence-electron chi connectivity index (χ1n) is 7.97. The van der Waals surface area contributed by atoms with Gasteiger partial charge in [0, 0.05) is 13.0 Å². The van der Waals surface area contributed by atoms with Crippen LogP contribution < -0.4 is 10.9 Å². The molecule has 2 aromatic rings. The van der Waals surface area contributed by atoms with Crippen LogP contribution in [-0.4, -0.2) is 21.0 Å². The first-order chi connectivity index (χ1) is 11.5. The van der Waals surface area contributed by atoms with Crippen LogP contribution in [0.15, 0.2) is 29.1 Å². The predicted octanol–water partition coefficient (Wildman–Crippen LogP) is 2.76. The number of carbonyl (C=O) groups excluding carboxylic acids is 1. The van der Waals surface area contributed by atoms with Crippen molar-refractivity contribution >= 4 is 29.0 Å². The van der Waals surface area contributed by atoms with Crippen molar-refractivity contribution in [1.29, 1.82) is 0 Å². The zero-order valence-corrected chi connectivity index (χ0v) is 14.7. The van der Waals surface area contributed by atoms with Gasteiger partial charge < -0.3 is 10.3 Å². The monoisotopic (exact) mass is 343 g/mol. The Hall–Kier alpha value is -2.39. The summed E-state index contributed by atoms with van der Waals surface area (Å²) in [6, 6.07) is 7.16. The standard InChI is InChI=1S/C18H21N3O2S/c1-4-18(5-2,6-3)20-15(22)11-12-21-16(23)13-9-7-8-10-14(13)19-17(21)24/h1,7-10H,5-6,11-12H2,2-3H3,(H,19,24)(H,20,22). The number of terminal acetylenes is 1. The molecule has 0 aliphatic heterocycles. The molecule has 0 saturated carbocycles. The number of nitrogens with zero attached hydrogens (tertiary/aromatic N) is 1. The summed E-state index contributed by atoms with van der Waals surface area (Å²) in [6.45, 7) is 4.08. The fourth-order valence-corrected chi connectivity index (χ4v) is 2.90. The largest absolute Gasteiger partial charge is 0.340 e. The van der Waals surface area contributed by atoms with Crippen LogP contribution in [0.4, 0.5) is 0 Å². The van der Waals surface area contributed by atoms with Crippen LogP contribution in [0.2, 0.25) is 0 Å². The molecule has 126 valence electrons. The second kappa shape index (κ2) is 7.45. The Morgan fingerprint density at radius 3 is 2.67 bits per heavy atom. The lowest BCUT2D eigenvalue weighted by Crippen LogP contribution is -2.46. The molecule has 2 N–H and O–H groups in total. The molecule has 0 atom stereocenters. The van der Waals surface area contributed by atoms with Gasteiger partial charge in [-0.15, -0.1) is 6.42 Å². The minimum absolute atomic E-state index is 0.138. The van der Waals surface area contributed by atoms with Crippen LogP contribution in [0.5, 0.6) is 0 Å². The highest BCUT2D eigenvalue weighted by molar-refractivity contribution is 7.71. The SMILES string of the molecule is C#CC(CC)(CC)NC(=O)CCn1c(=S)[nH]c2ccccc2c1=O. The molecule has 6 heteroatoms. The van der Waals surface area contributed by atoms with E-state index in [9.17, 15) is 9.59 Å². The Bertz CT molecular complexity index is 901. The number of fused-ring (bicyclic) bond motifs is 1. The highest BCUT2D eigenvalue weighted by Crippen LogP contribution is 2.14. The molecule has 0 aliphatic rings. The second-order valence-corrected chi connectivity index (χ2v) is 6.05. The summed E-state index contributed by atoms with van der Waals surface area (Å²) in [7, 11) is 0. The number of para-hydroxylation sites is 1. The number of hydrogen-bond acceptors (Lipinski definition) is 3. The molecule has 0 aliphatic carbocycles. The van der Waals surface area contributed by atoms with Crippen molar-refractivity contribution in [3.8, 4) is 12.3 Å². The molecular formula is C18H21N3O2S. The quantitative estimate of drug-likeness (QED) is 0.626. The molecule has 2 rings (SSSR count). The smallest absolute Gasteiger partial charge is 0.262 e. The lowest BCUT2D eigenvalue weighted by atomic mass is 9.94. The number of H-pyrrole nitrogens is 1. The molecule has 1 aromatic heterocycles. The molecule has 5 nitrogen and oxygen atoms in total. The number of amides is 1. The molecule has 0 unspecified atom stereocenters. The second-order valence-electron chi connectivity index (χ2n) is 5.66. The van der Waals surface area contributed by atoms with Gasteiger partial charge in [-0.1, -0.05) is 31.9 Å². The Labute approximate surface area is 146 Å². The number of rotatable bonds is 6. The summed E-state index contributed by atoms with van der Waals surface area (Å²) < 4.78 is 1.72. The minimum atomic E-state index is -0.631. The third kappa shape index (κ3) is 3.57. The maximum absolute atomic E-state index is 12.5. The van der Waals surface area contributed by atoms with Crippen molar-refractivity contribution in [2.45, 2.75) is 45.2 Å². The van der Waals surface area contributed by atoms with Gasteiger partial charge in [-0.05, 0) is 37.2 Å². The van der Waals surface area contributed by atoms with Crippen molar-refractivity contribution in [3.63, 3.8) is 0 Å². The van der Waals surface area contributed by atoms with Crippen LogP contribution in [0.3, 0.4) is 0 Å². The lowest BCUT2D eigenvalue weighted by Gasteiger charge is -2.27. The summed E-state index contributed by atoms with van der Waals surface area (Å²) in [6.07, 6.45) is 7.00. The topological polar surface area (TPSA) is 66.9 Å². The number of benzene rings is 1. The Balaban J connectivity index is 2.20. The van der Waals surface area contributed by atoms with E-state index in [1.165, 1.54) is 4.57 Å². The summed E-state index contributed by atoms with van der Waals surface area (Å²) in [5.74, 6) is 2.47. The van der Waals surface area contributed by atoms with Crippen LogP contribution in [0.1, 0.15) is 33.1 Å². The van der Waals surface area contributed by atoms with Crippen molar-refractivity contribution < 1.29 is 4.79 Å². The number of aromatic amines is 1. The summed E-state index contributed by atoms with van der Waals surface area (Å²) in [5.41, 5.74) is -0.137. The molecule has 1 heterocycles. The Morgan fingerprint density at radius 2 is 2.04 bits per heavy atom. The minimum Gasteiger partial charge on any atom is -0.340 e. The molecular weight excluding hydrogens is 322 g/mol. The van der Waals surface area contributed by atoms with E-state index in [1.54, 1.807) is 18.2 Å². The average Bonchev–Trinajstić information content (AvgIpc) is 2.59. The number of carbonyl (C=O) groups is 1. The van der Waals surface area contributed by atoms with E-state index in [1.807, 2.05) is 19.9 Å². The van der Waals surface area contributed by atoms with Crippen LogP contribution in [-0.2, 0) is 11.3 Å². The van der Waals surface area contributed by atoms with Gasteiger partial charge in [0.05, 0.1) is 10.9 Å². The van der Waals surface area contributed by atoms with Crippen molar-refractivity contribution in [2.75, 3.05) is 0 Å². The van der Waals surface area contributed by atoms with Crippen LogP contribution >= 0.6 is 12.2 Å². The van der Waals surface area contributed by atoms with Gasteiger partial charge in [0.1, 0.15) is 5.54 Å². The van der Waals surface area contributed by atoms with E-state index in [2.05, 4.69) is 16.2 Å². The van der Waals surface area contributed by atoms with Crippen LogP contribution in [0.25, 0.3) is 10.9 Å². The zero-order valence-electron chi connectivity index (χ0n) is 13.9. The lowest BCUT2D eigenvalue weighted by molar-refractivity contribution is -0.122.